The monoisotopic (exact) mass is 389 g/mol. The number of anilines is 2. The lowest BCUT2D eigenvalue weighted by atomic mass is 10.1. The molecule has 2 aliphatic rings. The molecule has 0 bridgehead atoms. The van der Waals surface area contributed by atoms with Gasteiger partial charge in [0.1, 0.15) is 0 Å². The number of piperidine rings is 1. The van der Waals surface area contributed by atoms with Crippen LogP contribution in [0.4, 0.5) is 11.4 Å². The molecule has 2 unspecified atom stereocenters. The van der Waals surface area contributed by atoms with Crippen molar-refractivity contribution in [2.24, 2.45) is 5.92 Å². The van der Waals surface area contributed by atoms with Gasteiger partial charge in [0.15, 0.2) is 5.69 Å². The van der Waals surface area contributed by atoms with Crippen LogP contribution in [0.5, 0.6) is 0 Å². The number of carbonyl (C=O) groups excluding carboxylic acids is 1. The van der Waals surface area contributed by atoms with Gasteiger partial charge < -0.3 is 15.1 Å². The number of nitrogens with zero attached hydrogens (tertiary/aromatic N) is 4. The molecule has 2 aliphatic heterocycles. The Hall–Kier alpha value is -2.05. The standard InChI is InChI=1S/C20H27N5O.ClH/c1-15-13-23(2)18-7-3-4-8-19(18)24(14-15)20(26)17-9-11-25(22-17)16-6-5-10-21-12-16;/h3-4,7-9,11,15-16,21H,5-6,10,12-14H2,1-2H3;1H. The van der Waals surface area contributed by atoms with E-state index in [2.05, 4.69) is 35.4 Å². The summed E-state index contributed by atoms with van der Waals surface area (Å²) in [4.78, 5) is 17.4. The molecule has 0 aliphatic carbocycles. The Morgan fingerprint density at radius 3 is 2.70 bits per heavy atom. The number of nitrogens with one attached hydrogen (secondary N) is 1. The van der Waals surface area contributed by atoms with E-state index in [0.29, 0.717) is 24.2 Å². The molecule has 0 spiro atoms. The normalized spacial score (nSPS) is 22.6. The number of para-hydroxylation sites is 2. The molecule has 146 valence electrons. The van der Waals surface area contributed by atoms with Gasteiger partial charge in [-0.15, -0.1) is 12.4 Å². The van der Waals surface area contributed by atoms with Crippen LogP contribution in [0.25, 0.3) is 0 Å². The van der Waals surface area contributed by atoms with Crippen molar-refractivity contribution in [2.75, 3.05) is 43.0 Å². The summed E-state index contributed by atoms with van der Waals surface area (Å²) >= 11 is 0. The summed E-state index contributed by atoms with van der Waals surface area (Å²) in [5, 5.41) is 8.03. The first-order valence-corrected chi connectivity index (χ1v) is 9.51. The summed E-state index contributed by atoms with van der Waals surface area (Å²) < 4.78 is 1.96. The maximum absolute atomic E-state index is 13.3. The van der Waals surface area contributed by atoms with Crippen LogP contribution in [0.15, 0.2) is 36.5 Å². The topological polar surface area (TPSA) is 53.4 Å². The van der Waals surface area contributed by atoms with Crippen LogP contribution in [0.3, 0.4) is 0 Å². The van der Waals surface area contributed by atoms with E-state index in [1.165, 1.54) is 0 Å². The number of benzene rings is 1. The Labute approximate surface area is 166 Å². The lowest BCUT2D eigenvalue weighted by Gasteiger charge is -2.24. The summed E-state index contributed by atoms with van der Waals surface area (Å²) in [6.07, 6.45) is 4.21. The molecule has 1 aromatic heterocycles. The highest BCUT2D eigenvalue weighted by Crippen LogP contribution is 2.33. The van der Waals surface area contributed by atoms with Crippen molar-refractivity contribution in [3.05, 3.63) is 42.2 Å². The van der Waals surface area contributed by atoms with E-state index in [0.717, 1.165) is 43.9 Å². The maximum atomic E-state index is 13.3. The van der Waals surface area contributed by atoms with Gasteiger partial charge >= 0.3 is 0 Å². The van der Waals surface area contributed by atoms with E-state index in [9.17, 15) is 4.79 Å². The van der Waals surface area contributed by atoms with E-state index in [1.54, 1.807) is 0 Å². The molecular weight excluding hydrogens is 362 g/mol. The van der Waals surface area contributed by atoms with E-state index in [4.69, 9.17) is 0 Å². The first-order valence-electron chi connectivity index (χ1n) is 9.51. The summed E-state index contributed by atoms with van der Waals surface area (Å²) in [5.41, 5.74) is 2.60. The Kier molecular flexibility index (Phi) is 6.07. The average Bonchev–Trinajstić information content (AvgIpc) is 3.12. The van der Waals surface area contributed by atoms with Gasteiger partial charge in [-0.1, -0.05) is 19.1 Å². The number of halogens is 1. The second kappa shape index (κ2) is 8.31. The average molecular weight is 390 g/mol. The summed E-state index contributed by atoms with van der Waals surface area (Å²) in [6, 6.07) is 10.3. The quantitative estimate of drug-likeness (QED) is 0.857. The van der Waals surface area contributed by atoms with Gasteiger partial charge in [-0.05, 0) is 43.5 Å². The third-order valence-electron chi connectivity index (χ3n) is 5.38. The molecule has 0 radical (unpaired) electrons. The minimum atomic E-state index is -0.0119. The lowest BCUT2D eigenvalue weighted by Crippen LogP contribution is -2.35. The fraction of sp³-hybridized carbons (Fsp3) is 0.500. The van der Waals surface area contributed by atoms with Crippen LogP contribution in [0, 0.1) is 5.92 Å². The smallest absolute Gasteiger partial charge is 0.278 e. The van der Waals surface area contributed by atoms with E-state index in [1.807, 2.05) is 40.0 Å². The number of hydrogen-bond donors (Lipinski definition) is 1. The third-order valence-corrected chi connectivity index (χ3v) is 5.38. The van der Waals surface area contributed by atoms with Crippen LogP contribution < -0.4 is 15.1 Å². The molecule has 2 aromatic rings. The van der Waals surface area contributed by atoms with Crippen molar-refractivity contribution < 1.29 is 4.79 Å². The molecule has 2 atom stereocenters. The Morgan fingerprint density at radius 1 is 1.19 bits per heavy atom. The number of fused-ring (bicyclic) bond motifs is 1. The highest BCUT2D eigenvalue weighted by Gasteiger charge is 2.29. The van der Waals surface area contributed by atoms with Gasteiger partial charge in [-0.3, -0.25) is 9.48 Å². The summed E-state index contributed by atoms with van der Waals surface area (Å²) in [7, 11) is 2.09. The van der Waals surface area contributed by atoms with Gasteiger partial charge in [0.2, 0.25) is 0 Å². The minimum Gasteiger partial charge on any atom is -0.373 e. The number of amides is 1. The SMILES string of the molecule is CC1CN(C)c2ccccc2N(C(=O)c2ccn(C3CCCNC3)n2)C1.Cl. The van der Waals surface area contributed by atoms with Crippen LogP contribution in [-0.2, 0) is 0 Å². The van der Waals surface area contributed by atoms with Gasteiger partial charge in [0.25, 0.3) is 5.91 Å². The largest absolute Gasteiger partial charge is 0.373 e. The molecule has 3 heterocycles. The number of hydrogen-bond acceptors (Lipinski definition) is 4. The maximum Gasteiger partial charge on any atom is 0.278 e. The van der Waals surface area contributed by atoms with Crippen molar-refractivity contribution in [3.8, 4) is 0 Å². The highest BCUT2D eigenvalue weighted by atomic mass is 35.5. The Bertz CT molecular complexity index is 786. The van der Waals surface area contributed by atoms with Crippen LogP contribution in [0.2, 0.25) is 0 Å². The fourth-order valence-corrected chi connectivity index (χ4v) is 4.09. The minimum absolute atomic E-state index is 0. The van der Waals surface area contributed by atoms with Crippen molar-refractivity contribution in [1.29, 1.82) is 0 Å². The van der Waals surface area contributed by atoms with E-state index < -0.39 is 0 Å². The molecule has 1 aromatic carbocycles. The van der Waals surface area contributed by atoms with Crippen LogP contribution >= 0.6 is 12.4 Å². The van der Waals surface area contributed by atoms with Crippen LogP contribution in [0.1, 0.15) is 36.3 Å². The summed E-state index contributed by atoms with van der Waals surface area (Å²) in [6.45, 7) is 5.82. The molecule has 1 fully saturated rings. The molecule has 7 heteroatoms. The second-order valence-electron chi connectivity index (χ2n) is 7.57. The lowest BCUT2D eigenvalue weighted by molar-refractivity contribution is 0.0978. The molecule has 6 nitrogen and oxygen atoms in total. The van der Waals surface area contributed by atoms with Crippen LogP contribution in [-0.4, -0.2) is 48.9 Å². The van der Waals surface area contributed by atoms with Crippen molar-refractivity contribution in [2.45, 2.75) is 25.8 Å². The number of aromatic nitrogens is 2. The van der Waals surface area contributed by atoms with Gasteiger partial charge in [0, 0.05) is 32.9 Å². The second-order valence-corrected chi connectivity index (χ2v) is 7.57. The first kappa shape index (κ1) is 19.7. The molecule has 1 N–H and O–H groups in total. The molecule has 4 rings (SSSR count). The third kappa shape index (κ3) is 3.96. The van der Waals surface area contributed by atoms with Gasteiger partial charge in [-0.2, -0.15) is 5.10 Å². The van der Waals surface area contributed by atoms with Crippen molar-refractivity contribution in [3.63, 3.8) is 0 Å². The zero-order chi connectivity index (χ0) is 18.1. The molecule has 27 heavy (non-hydrogen) atoms. The Balaban J connectivity index is 0.00000210. The van der Waals surface area contributed by atoms with E-state index >= 15 is 0 Å². The highest BCUT2D eigenvalue weighted by molar-refractivity contribution is 6.06. The van der Waals surface area contributed by atoms with Crippen molar-refractivity contribution >= 4 is 29.7 Å². The van der Waals surface area contributed by atoms with Crippen molar-refractivity contribution in [1.82, 2.24) is 15.1 Å². The van der Waals surface area contributed by atoms with E-state index in [-0.39, 0.29) is 18.3 Å². The predicted molar refractivity (Wildman–Crippen MR) is 111 cm³/mol. The van der Waals surface area contributed by atoms with Gasteiger partial charge in [0.05, 0.1) is 17.4 Å². The fourth-order valence-electron chi connectivity index (χ4n) is 4.09. The molecule has 1 amide bonds. The Morgan fingerprint density at radius 2 is 1.96 bits per heavy atom. The zero-order valence-corrected chi connectivity index (χ0v) is 16.8. The first-order chi connectivity index (χ1) is 12.6. The zero-order valence-electron chi connectivity index (χ0n) is 16.0. The molecular formula is C20H28ClN5O. The van der Waals surface area contributed by atoms with Gasteiger partial charge in [-0.25, -0.2) is 0 Å². The molecule has 0 saturated carbocycles. The number of rotatable bonds is 2. The molecule has 1 saturated heterocycles. The summed E-state index contributed by atoms with van der Waals surface area (Å²) in [5.74, 6) is 0.378. The predicted octanol–water partition coefficient (Wildman–Crippen LogP) is 2.96. The number of carbonyl (C=O) groups is 1.